The molecule has 0 fully saturated rings. The third-order valence-corrected chi connectivity index (χ3v) is 2.61. The molecule has 1 amide bonds. The molecule has 16 heavy (non-hydrogen) atoms. The van der Waals surface area contributed by atoms with Crippen LogP contribution in [0.4, 0.5) is 5.69 Å². The first-order valence-corrected chi connectivity index (χ1v) is 5.55. The van der Waals surface area contributed by atoms with E-state index in [1.54, 1.807) is 32.2 Å². The predicted octanol–water partition coefficient (Wildman–Crippen LogP) is 1.87. The topological polar surface area (TPSA) is 64.9 Å². The maximum Gasteiger partial charge on any atom is 0.241 e. The van der Waals surface area contributed by atoms with E-state index in [4.69, 9.17) is 5.26 Å². The van der Waals surface area contributed by atoms with Crippen molar-refractivity contribution in [1.82, 2.24) is 5.32 Å². The molecule has 84 valence electrons. The van der Waals surface area contributed by atoms with Crippen molar-refractivity contribution in [3.05, 3.63) is 28.2 Å². The van der Waals surface area contributed by atoms with Gasteiger partial charge in [-0.3, -0.25) is 4.79 Å². The minimum atomic E-state index is -0.383. The number of halogens is 1. The predicted molar refractivity (Wildman–Crippen MR) is 66.0 cm³/mol. The van der Waals surface area contributed by atoms with Crippen LogP contribution in [0.15, 0.2) is 22.7 Å². The van der Waals surface area contributed by atoms with Gasteiger partial charge in [-0.05, 0) is 25.1 Å². The second-order valence-electron chi connectivity index (χ2n) is 3.28. The summed E-state index contributed by atoms with van der Waals surface area (Å²) in [5.74, 6) is -0.121. The van der Waals surface area contributed by atoms with Crippen LogP contribution in [0.25, 0.3) is 0 Å². The molecular weight excluding hydrogens is 270 g/mol. The first-order chi connectivity index (χ1) is 7.58. The standard InChI is InChI=1S/C11H12BrN3O/c1-7(11(16)14-2)15-10-5-9(12)4-3-8(10)6-13/h3-5,7,15H,1-2H3,(H,14,16). The zero-order valence-electron chi connectivity index (χ0n) is 9.04. The molecule has 0 aliphatic heterocycles. The quantitative estimate of drug-likeness (QED) is 0.889. The van der Waals surface area contributed by atoms with Crippen molar-refractivity contribution in [3.63, 3.8) is 0 Å². The van der Waals surface area contributed by atoms with E-state index in [0.717, 1.165) is 4.47 Å². The zero-order valence-corrected chi connectivity index (χ0v) is 10.6. The van der Waals surface area contributed by atoms with Gasteiger partial charge in [0.2, 0.25) is 5.91 Å². The Hall–Kier alpha value is -1.54. The summed E-state index contributed by atoms with van der Waals surface area (Å²) in [7, 11) is 1.58. The molecule has 1 atom stereocenters. The number of rotatable bonds is 3. The Morgan fingerprint density at radius 3 is 2.81 bits per heavy atom. The lowest BCUT2D eigenvalue weighted by molar-refractivity contribution is -0.121. The highest BCUT2D eigenvalue weighted by atomic mass is 79.9. The van der Waals surface area contributed by atoms with E-state index in [2.05, 4.69) is 32.6 Å². The van der Waals surface area contributed by atoms with E-state index in [-0.39, 0.29) is 11.9 Å². The molecule has 1 rings (SSSR count). The van der Waals surface area contributed by atoms with Gasteiger partial charge in [0, 0.05) is 11.5 Å². The number of nitriles is 1. The van der Waals surface area contributed by atoms with E-state index in [9.17, 15) is 4.79 Å². The van der Waals surface area contributed by atoms with Crippen LogP contribution in [-0.4, -0.2) is 19.0 Å². The molecule has 0 bridgehead atoms. The first-order valence-electron chi connectivity index (χ1n) is 4.76. The van der Waals surface area contributed by atoms with Crippen molar-refractivity contribution in [2.24, 2.45) is 0 Å². The number of hydrogen-bond donors (Lipinski definition) is 2. The fraction of sp³-hybridized carbons (Fsp3) is 0.273. The van der Waals surface area contributed by atoms with E-state index < -0.39 is 0 Å². The summed E-state index contributed by atoms with van der Waals surface area (Å²) in [4.78, 5) is 11.3. The summed E-state index contributed by atoms with van der Waals surface area (Å²) in [5, 5.41) is 14.4. The van der Waals surface area contributed by atoms with Gasteiger partial charge in [0.05, 0.1) is 11.3 Å². The molecule has 1 aromatic rings. The van der Waals surface area contributed by atoms with E-state index in [1.807, 2.05) is 0 Å². The van der Waals surface area contributed by atoms with Crippen molar-refractivity contribution < 1.29 is 4.79 Å². The highest BCUT2D eigenvalue weighted by molar-refractivity contribution is 9.10. The first kappa shape index (κ1) is 12.5. The zero-order chi connectivity index (χ0) is 12.1. The summed E-state index contributed by atoms with van der Waals surface area (Å²) < 4.78 is 0.859. The van der Waals surface area contributed by atoms with Crippen LogP contribution in [0.1, 0.15) is 12.5 Å². The van der Waals surface area contributed by atoms with Crippen molar-refractivity contribution in [1.29, 1.82) is 5.26 Å². The highest BCUT2D eigenvalue weighted by Crippen LogP contribution is 2.21. The molecule has 0 heterocycles. The summed E-state index contributed by atoms with van der Waals surface area (Å²) in [6, 6.07) is 6.95. The molecule has 0 saturated heterocycles. The number of nitrogens with one attached hydrogen (secondary N) is 2. The summed E-state index contributed by atoms with van der Waals surface area (Å²) >= 11 is 3.32. The highest BCUT2D eigenvalue weighted by Gasteiger charge is 2.12. The molecule has 1 unspecified atom stereocenters. The number of carbonyl (C=O) groups excluding carboxylic acids is 1. The maximum atomic E-state index is 11.3. The number of likely N-dealkylation sites (N-methyl/N-ethyl adjacent to an activating group) is 1. The lowest BCUT2D eigenvalue weighted by atomic mass is 10.1. The molecule has 0 aliphatic carbocycles. The van der Waals surface area contributed by atoms with Crippen LogP contribution < -0.4 is 10.6 Å². The largest absolute Gasteiger partial charge is 0.373 e. The van der Waals surface area contributed by atoms with Gasteiger partial charge in [0.1, 0.15) is 12.1 Å². The van der Waals surface area contributed by atoms with Gasteiger partial charge in [0.15, 0.2) is 0 Å². The molecule has 0 radical (unpaired) electrons. The normalized spacial score (nSPS) is 11.4. The number of carbonyl (C=O) groups is 1. The maximum absolute atomic E-state index is 11.3. The van der Waals surface area contributed by atoms with Crippen molar-refractivity contribution in [2.75, 3.05) is 12.4 Å². The average molecular weight is 282 g/mol. The van der Waals surface area contributed by atoms with Gasteiger partial charge in [-0.25, -0.2) is 0 Å². The summed E-state index contributed by atoms with van der Waals surface area (Å²) in [6.07, 6.45) is 0. The summed E-state index contributed by atoms with van der Waals surface area (Å²) in [6.45, 7) is 1.74. The van der Waals surface area contributed by atoms with Crippen molar-refractivity contribution in [2.45, 2.75) is 13.0 Å². The van der Waals surface area contributed by atoms with Crippen LogP contribution >= 0.6 is 15.9 Å². The second kappa shape index (κ2) is 5.52. The van der Waals surface area contributed by atoms with Gasteiger partial charge in [0.25, 0.3) is 0 Å². The van der Waals surface area contributed by atoms with Crippen LogP contribution in [0.2, 0.25) is 0 Å². The average Bonchev–Trinajstić information content (AvgIpc) is 2.28. The molecule has 5 heteroatoms. The number of benzene rings is 1. The van der Waals surface area contributed by atoms with E-state index in [0.29, 0.717) is 11.3 Å². The monoisotopic (exact) mass is 281 g/mol. The molecule has 1 aromatic carbocycles. The lowest BCUT2D eigenvalue weighted by Gasteiger charge is -2.14. The fourth-order valence-corrected chi connectivity index (χ4v) is 1.61. The fourth-order valence-electron chi connectivity index (χ4n) is 1.25. The van der Waals surface area contributed by atoms with Crippen LogP contribution in [0.5, 0.6) is 0 Å². The Morgan fingerprint density at radius 2 is 2.25 bits per heavy atom. The number of amides is 1. The third-order valence-electron chi connectivity index (χ3n) is 2.11. The van der Waals surface area contributed by atoms with Gasteiger partial charge in [-0.1, -0.05) is 15.9 Å². The number of nitrogens with zero attached hydrogens (tertiary/aromatic N) is 1. The lowest BCUT2D eigenvalue weighted by Crippen LogP contribution is -2.35. The second-order valence-corrected chi connectivity index (χ2v) is 4.20. The van der Waals surface area contributed by atoms with Gasteiger partial charge >= 0.3 is 0 Å². The van der Waals surface area contributed by atoms with Gasteiger partial charge in [-0.15, -0.1) is 0 Å². The minimum Gasteiger partial charge on any atom is -0.373 e. The summed E-state index contributed by atoms with van der Waals surface area (Å²) in [5.41, 5.74) is 1.16. The smallest absolute Gasteiger partial charge is 0.241 e. The molecule has 0 aromatic heterocycles. The van der Waals surface area contributed by atoms with Gasteiger partial charge in [-0.2, -0.15) is 5.26 Å². The Bertz CT molecular complexity index is 439. The Kier molecular flexibility index (Phi) is 4.32. The molecule has 0 aliphatic rings. The third kappa shape index (κ3) is 2.97. The molecule has 2 N–H and O–H groups in total. The number of hydrogen-bond acceptors (Lipinski definition) is 3. The van der Waals surface area contributed by atoms with Crippen LogP contribution in [0.3, 0.4) is 0 Å². The van der Waals surface area contributed by atoms with E-state index in [1.165, 1.54) is 0 Å². The molecule has 0 spiro atoms. The Balaban J connectivity index is 2.92. The van der Waals surface area contributed by atoms with Crippen molar-refractivity contribution in [3.8, 4) is 6.07 Å². The Labute approximate surface area is 103 Å². The van der Waals surface area contributed by atoms with Gasteiger partial charge < -0.3 is 10.6 Å². The Morgan fingerprint density at radius 1 is 1.56 bits per heavy atom. The minimum absolute atomic E-state index is 0.121. The van der Waals surface area contributed by atoms with E-state index >= 15 is 0 Å². The number of anilines is 1. The van der Waals surface area contributed by atoms with Crippen LogP contribution in [-0.2, 0) is 4.79 Å². The SMILES string of the molecule is CNC(=O)C(C)Nc1cc(Br)ccc1C#N. The molecular formula is C11H12BrN3O. The molecule has 4 nitrogen and oxygen atoms in total. The molecule has 0 saturated carbocycles. The van der Waals surface area contributed by atoms with Crippen LogP contribution in [0, 0.1) is 11.3 Å². The van der Waals surface area contributed by atoms with Crippen molar-refractivity contribution >= 4 is 27.5 Å².